The first-order chi connectivity index (χ1) is 27.8. The Hall–Kier alpha value is -5.26. The quantitative estimate of drug-likeness (QED) is 0.103. The number of ketones is 2. The Morgan fingerprint density at radius 3 is 2.15 bits per heavy atom. The molecule has 1 amide bonds. The Bertz CT molecular complexity index is 2260. The van der Waals surface area contributed by atoms with E-state index >= 15 is 0 Å². The van der Waals surface area contributed by atoms with Crippen molar-refractivity contribution in [3.63, 3.8) is 0 Å². The van der Waals surface area contributed by atoms with Crippen molar-refractivity contribution in [2.24, 2.45) is 5.73 Å². The summed E-state index contributed by atoms with van der Waals surface area (Å²) in [5.74, 6) is -6.69. The molecule has 12 atom stereocenters. The smallest absolute Gasteiger partial charge is 0.325 e. The normalized spacial score (nSPS) is 30.4. The lowest BCUT2D eigenvalue weighted by Gasteiger charge is -2.46. The number of carboxylic acids is 1. The fourth-order valence-corrected chi connectivity index (χ4v) is 7.93. The van der Waals surface area contributed by atoms with E-state index in [4.69, 9.17) is 29.4 Å². The van der Waals surface area contributed by atoms with Crippen molar-refractivity contribution >= 4 is 23.4 Å². The minimum atomic E-state index is -1.91. The maximum absolute atomic E-state index is 14.1. The molecule has 0 saturated carbocycles. The van der Waals surface area contributed by atoms with Gasteiger partial charge in [-0.1, -0.05) is 6.07 Å². The topological polar surface area (TPSA) is 335 Å². The van der Waals surface area contributed by atoms with Crippen LogP contribution in [-0.2, 0) is 23.7 Å². The highest BCUT2D eigenvalue weighted by Crippen LogP contribution is 2.57. The number of phenols is 3. The van der Waals surface area contributed by atoms with Gasteiger partial charge in [0.1, 0.15) is 71.8 Å². The van der Waals surface area contributed by atoms with Gasteiger partial charge >= 0.3 is 5.97 Å². The number of amides is 1. The number of carbonyl (C=O) groups is 4. The number of phenolic OH excluding ortho intramolecular Hbond substituents is 3. The molecule has 2 saturated heterocycles. The zero-order chi connectivity index (χ0) is 43.1. The number of aliphatic hydroxyl groups excluding tert-OH is 5. The molecule has 0 radical (unpaired) electrons. The minimum Gasteiger partial charge on any atom is -0.507 e. The molecule has 20 nitrogen and oxygen atoms in total. The highest BCUT2D eigenvalue weighted by molar-refractivity contribution is 6.31. The van der Waals surface area contributed by atoms with Crippen molar-refractivity contribution in [2.75, 3.05) is 13.7 Å². The summed E-state index contributed by atoms with van der Waals surface area (Å²) in [6, 6.07) is 2.09. The van der Waals surface area contributed by atoms with Crippen LogP contribution in [0, 0.1) is 6.92 Å². The second kappa shape index (κ2) is 15.4. The number of carbonyl (C=O) groups excluding carboxylic acids is 3. The van der Waals surface area contributed by atoms with Crippen molar-refractivity contribution in [3.8, 4) is 34.1 Å². The SMILES string of the molecule is COc1cc(O)c2c(c1)C(=O)c1c(cc3c(c1O)-c1c(cc(C)c(C(=O)N[C@H](C)C(=O)O)c1O)C(O[C@@H]1O[C@H](C)[C@H](N)[C@H](O[C@@H]4OC[C@@H](O)[C@H](O)[C@H]4O)[C@H]1O)C3O)C2=O. The molecule has 2 heterocycles. The molecule has 7 rings (SSSR count). The van der Waals surface area contributed by atoms with Crippen LogP contribution in [0.1, 0.15) is 84.9 Å². The summed E-state index contributed by atoms with van der Waals surface area (Å²) in [6.45, 7) is 3.62. The fraction of sp³-hybridized carbons (Fsp3) is 0.436. The number of rotatable bonds is 8. The first kappa shape index (κ1) is 41.9. The molecule has 12 N–H and O–H groups in total. The van der Waals surface area contributed by atoms with Gasteiger partial charge in [0.2, 0.25) is 0 Å². The van der Waals surface area contributed by atoms with Crippen LogP contribution in [0.2, 0.25) is 0 Å². The van der Waals surface area contributed by atoms with E-state index in [0.29, 0.717) is 0 Å². The Labute approximate surface area is 333 Å². The van der Waals surface area contributed by atoms with Gasteiger partial charge in [-0.15, -0.1) is 0 Å². The van der Waals surface area contributed by atoms with Gasteiger partial charge < -0.3 is 80.7 Å². The number of aliphatic hydroxyl groups is 5. The zero-order valence-electron chi connectivity index (χ0n) is 31.7. The van der Waals surface area contributed by atoms with Crippen LogP contribution < -0.4 is 15.8 Å². The van der Waals surface area contributed by atoms with Gasteiger partial charge in [-0.3, -0.25) is 19.2 Å². The Morgan fingerprint density at radius 2 is 1.49 bits per heavy atom. The lowest BCUT2D eigenvalue weighted by atomic mass is 9.74. The Balaban J connectivity index is 1.36. The third-order valence-electron chi connectivity index (χ3n) is 11.1. The predicted octanol–water partition coefficient (Wildman–Crippen LogP) is -0.872. The van der Waals surface area contributed by atoms with E-state index in [1.165, 1.54) is 40.0 Å². The number of nitrogens with two attached hydrogens (primary N) is 1. The summed E-state index contributed by atoms with van der Waals surface area (Å²) in [5.41, 5.74) is 2.85. The molecule has 0 spiro atoms. The standard InChI is InChI=1S/C39H42N2O18/c1-10-5-17-23(30(48)20(10)36(52)41-11(2)37(53)54)22-15(8-16-24(31(22)49)27(45)14-6-13(55-4)7-18(42)21(14)26(16)44)28(46)34(17)58-39-33(51)35(25(40)12(3)57-39)59-38-32(50)29(47)19(43)9-56-38/h5-8,11-12,19,25,28-29,32-35,38-39,42-43,46-51H,9,40H2,1-4H3,(H,41,52)(H,53,54)/t11-,12-,19-,25+,28?,29+,32-,33-,34?,35+,38+,39+/m1/s1. The number of aliphatic carboxylic acids is 1. The van der Waals surface area contributed by atoms with Gasteiger partial charge in [-0.05, 0) is 49.6 Å². The lowest BCUT2D eigenvalue weighted by molar-refractivity contribution is -0.337. The molecule has 2 fully saturated rings. The molecular formula is C39H42N2O18. The van der Waals surface area contributed by atoms with Gasteiger partial charge in [0.15, 0.2) is 24.1 Å². The monoisotopic (exact) mass is 826 g/mol. The summed E-state index contributed by atoms with van der Waals surface area (Å²) >= 11 is 0. The van der Waals surface area contributed by atoms with Crippen LogP contribution in [0.25, 0.3) is 11.1 Å². The van der Waals surface area contributed by atoms with E-state index in [2.05, 4.69) is 5.32 Å². The summed E-state index contributed by atoms with van der Waals surface area (Å²) in [7, 11) is 1.26. The second-order valence-electron chi connectivity index (χ2n) is 14.9. The van der Waals surface area contributed by atoms with Gasteiger partial charge in [-0.2, -0.15) is 0 Å². The van der Waals surface area contributed by atoms with Crippen LogP contribution in [-0.4, -0.2) is 144 Å². The number of nitrogens with one attached hydrogen (secondary N) is 1. The molecule has 316 valence electrons. The van der Waals surface area contributed by atoms with Crippen LogP contribution in [0.4, 0.5) is 0 Å². The summed E-state index contributed by atoms with van der Waals surface area (Å²) in [6.07, 6.45) is -16.0. The van der Waals surface area contributed by atoms with Crippen molar-refractivity contribution < 1.29 is 88.8 Å². The van der Waals surface area contributed by atoms with Crippen molar-refractivity contribution in [3.05, 3.63) is 68.8 Å². The molecule has 0 aromatic heterocycles. The summed E-state index contributed by atoms with van der Waals surface area (Å²) in [5, 5.41) is 101. The van der Waals surface area contributed by atoms with Gasteiger partial charge in [-0.25, -0.2) is 0 Å². The van der Waals surface area contributed by atoms with E-state index in [9.17, 15) is 65.1 Å². The molecule has 20 heteroatoms. The van der Waals surface area contributed by atoms with Crippen LogP contribution in [0.15, 0.2) is 24.3 Å². The Kier molecular flexibility index (Phi) is 10.9. The largest absolute Gasteiger partial charge is 0.507 e. The van der Waals surface area contributed by atoms with E-state index < -0.39 is 149 Å². The maximum atomic E-state index is 14.1. The third kappa shape index (κ3) is 6.76. The van der Waals surface area contributed by atoms with Gasteiger partial charge in [0, 0.05) is 28.3 Å². The number of benzene rings is 3. The predicted molar refractivity (Wildman–Crippen MR) is 196 cm³/mol. The average Bonchev–Trinajstić information content (AvgIpc) is 3.18. The molecule has 59 heavy (non-hydrogen) atoms. The van der Waals surface area contributed by atoms with E-state index in [1.807, 2.05) is 0 Å². The van der Waals surface area contributed by atoms with E-state index in [0.717, 1.165) is 12.1 Å². The Morgan fingerprint density at radius 1 is 0.847 bits per heavy atom. The number of methoxy groups -OCH3 is 1. The van der Waals surface area contributed by atoms with Gasteiger partial charge in [0.05, 0.1) is 42.6 Å². The number of aryl methyl sites for hydroxylation is 1. The number of aromatic hydroxyl groups is 3. The molecule has 3 aromatic carbocycles. The highest BCUT2D eigenvalue weighted by Gasteiger charge is 2.51. The second-order valence-corrected chi connectivity index (χ2v) is 14.9. The summed E-state index contributed by atoms with van der Waals surface area (Å²) in [4.78, 5) is 53.2. The molecule has 2 aliphatic carbocycles. The van der Waals surface area contributed by atoms with Crippen molar-refractivity contribution in [1.82, 2.24) is 5.32 Å². The summed E-state index contributed by atoms with van der Waals surface area (Å²) < 4.78 is 28.5. The van der Waals surface area contributed by atoms with Crippen LogP contribution >= 0.6 is 0 Å². The molecular weight excluding hydrogens is 784 g/mol. The van der Waals surface area contributed by atoms with Crippen molar-refractivity contribution in [1.29, 1.82) is 0 Å². The first-order valence-corrected chi connectivity index (χ1v) is 18.3. The molecule has 2 aliphatic heterocycles. The van der Waals surface area contributed by atoms with E-state index in [1.54, 1.807) is 0 Å². The number of hydrogen-bond acceptors (Lipinski definition) is 18. The number of hydrogen-bond donors (Lipinski definition) is 11. The van der Waals surface area contributed by atoms with Crippen molar-refractivity contribution in [2.45, 2.75) is 94.3 Å². The third-order valence-corrected chi connectivity index (χ3v) is 11.1. The van der Waals surface area contributed by atoms with Crippen LogP contribution in [0.3, 0.4) is 0 Å². The maximum Gasteiger partial charge on any atom is 0.325 e. The number of carboxylic acid groups (broad SMARTS) is 1. The molecule has 4 aliphatic rings. The molecule has 0 bridgehead atoms. The van der Waals surface area contributed by atoms with E-state index in [-0.39, 0.29) is 33.6 Å². The first-order valence-electron chi connectivity index (χ1n) is 18.3. The van der Waals surface area contributed by atoms with Crippen LogP contribution in [0.5, 0.6) is 23.0 Å². The minimum absolute atomic E-state index is 0.0114. The fourth-order valence-electron chi connectivity index (χ4n) is 7.93. The average molecular weight is 827 g/mol. The molecule has 3 aromatic rings. The number of fused-ring (bicyclic) bond motifs is 5. The highest BCUT2D eigenvalue weighted by atomic mass is 16.7. The number of ether oxygens (including phenoxy) is 5. The molecule has 2 unspecified atom stereocenters. The van der Waals surface area contributed by atoms with Gasteiger partial charge in [0.25, 0.3) is 5.91 Å². The zero-order valence-corrected chi connectivity index (χ0v) is 31.7. The lowest BCUT2D eigenvalue weighted by Crippen LogP contribution is -2.64.